The minimum absolute atomic E-state index is 0.166. The van der Waals surface area contributed by atoms with Crippen molar-refractivity contribution in [1.82, 2.24) is 0 Å². The van der Waals surface area contributed by atoms with Gasteiger partial charge in [0.1, 0.15) is 0 Å². The van der Waals surface area contributed by atoms with E-state index in [1.807, 2.05) is 0 Å². The smallest absolute Gasteiger partial charge is 0.310 e. The van der Waals surface area contributed by atoms with Crippen LogP contribution >= 0.6 is 0 Å². The van der Waals surface area contributed by atoms with E-state index < -0.39 is 6.29 Å². The molecule has 0 aromatic rings. The minimum Gasteiger partial charge on any atom is -0.436 e. The first-order valence-corrected chi connectivity index (χ1v) is 4.96. The van der Waals surface area contributed by atoms with E-state index in [2.05, 4.69) is 6.92 Å². The first kappa shape index (κ1) is 12.4. The summed E-state index contributed by atoms with van der Waals surface area (Å²) < 4.78 is 4.77. The van der Waals surface area contributed by atoms with Crippen LogP contribution < -0.4 is 0 Å². The van der Waals surface area contributed by atoms with Gasteiger partial charge >= 0.3 is 5.97 Å². The average molecular weight is 188 g/mol. The van der Waals surface area contributed by atoms with Crippen LogP contribution in [-0.2, 0) is 9.53 Å². The molecule has 78 valence electrons. The quantitative estimate of drug-likeness (QED) is 0.394. The fraction of sp³-hybridized carbons (Fsp3) is 0.900. The van der Waals surface area contributed by atoms with Gasteiger partial charge in [-0.25, -0.2) is 0 Å². The van der Waals surface area contributed by atoms with E-state index in [-0.39, 0.29) is 11.9 Å². The normalized spacial score (nSPS) is 13.0. The van der Waals surface area contributed by atoms with Gasteiger partial charge in [-0.2, -0.15) is 0 Å². The number of aliphatic hydroxyl groups is 1. The average Bonchev–Trinajstić information content (AvgIpc) is 2.04. The van der Waals surface area contributed by atoms with Crippen molar-refractivity contribution in [3.05, 3.63) is 0 Å². The summed E-state index contributed by atoms with van der Waals surface area (Å²) in [5.74, 6) is -0.496. The maximum Gasteiger partial charge on any atom is 0.310 e. The van der Waals surface area contributed by atoms with Gasteiger partial charge in [-0.05, 0) is 6.42 Å². The van der Waals surface area contributed by atoms with Crippen LogP contribution in [0.15, 0.2) is 0 Å². The van der Waals surface area contributed by atoms with Crippen molar-refractivity contribution in [1.29, 1.82) is 0 Å². The van der Waals surface area contributed by atoms with Gasteiger partial charge in [0.25, 0.3) is 0 Å². The van der Waals surface area contributed by atoms with Crippen molar-refractivity contribution >= 4 is 5.97 Å². The molecular formula is C10H20O3. The third-order valence-corrected chi connectivity index (χ3v) is 1.78. The van der Waals surface area contributed by atoms with Crippen molar-refractivity contribution in [2.75, 3.05) is 0 Å². The molecule has 1 atom stereocenters. The van der Waals surface area contributed by atoms with Gasteiger partial charge in [-0.1, -0.05) is 33.6 Å². The van der Waals surface area contributed by atoms with E-state index in [0.29, 0.717) is 6.42 Å². The molecule has 3 nitrogen and oxygen atoms in total. The topological polar surface area (TPSA) is 46.5 Å². The first-order chi connectivity index (χ1) is 6.07. The highest BCUT2D eigenvalue weighted by Gasteiger charge is 2.13. The van der Waals surface area contributed by atoms with Crippen molar-refractivity contribution < 1.29 is 14.6 Å². The van der Waals surface area contributed by atoms with Crippen LogP contribution in [0.25, 0.3) is 0 Å². The Bertz CT molecular complexity index is 143. The van der Waals surface area contributed by atoms with Gasteiger partial charge in [0.15, 0.2) is 0 Å². The Labute approximate surface area is 80.1 Å². The highest BCUT2D eigenvalue weighted by atomic mass is 16.6. The summed E-state index contributed by atoms with van der Waals surface area (Å²) in [6.45, 7) is 5.59. The number of carbonyl (C=O) groups is 1. The zero-order valence-electron chi connectivity index (χ0n) is 8.75. The third-order valence-electron chi connectivity index (χ3n) is 1.78. The number of hydrogen-bond acceptors (Lipinski definition) is 3. The van der Waals surface area contributed by atoms with Crippen LogP contribution in [0.4, 0.5) is 0 Å². The summed E-state index contributed by atoms with van der Waals surface area (Å²) in [6.07, 6.45) is 2.71. The van der Waals surface area contributed by atoms with Crippen LogP contribution in [-0.4, -0.2) is 17.4 Å². The van der Waals surface area contributed by atoms with Crippen LogP contribution in [0.2, 0.25) is 0 Å². The molecule has 0 aromatic heterocycles. The monoisotopic (exact) mass is 188 g/mol. The molecule has 0 heterocycles. The summed E-state index contributed by atoms with van der Waals surface area (Å²) in [7, 11) is 0. The summed E-state index contributed by atoms with van der Waals surface area (Å²) in [5.41, 5.74) is 0. The summed E-state index contributed by atoms with van der Waals surface area (Å²) in [6, 6.07) is 0. The third kappa shape index (κ3) is 6.58. The molecule has 0 saturated heterocycles. The van der Waals surface area contributed by atoms with Crippen LogP contribution in [0.5, 0.6) is 0 Å². The first-order valence-electron chi connectivity index (χ1n) is 4.96. The lowest BCUT2D eigenvalue weighted by Crippen LogP contribution is -2.21. The number of esters is 1. The van der Waals surface area contributed by atoms with Crippen molar-refractivity contribution in [3.8, 4) is 0 Å². The molecule has 0 aliphatic rings. The molecule has 0 rings (SSSR count). The molecule has 0 radical (unpaired) electrons. The molecule has 0 aliphatic carbocycles. The SMILES string of the molecule is CCCCCC(O)OC(=O)C(C)C. The lowest BCUT2D eigenvalue weighted by atomic mass is 10.2. The van der Waals surface area contributed by atoms with E-state index in [9.17, 15) is 9.90 Å². The van der Waals surface area contributed by atoms with Crippen molar-refractivity contribution in [2.45, 2.75) is 52.7 Å². The lowest BCUT2D eigenvalue weighted by Gasteiger charge is -2.13. The Morgan fingerprint density at radius 2 is 2.00 bits per heavy atom. The molecule has 0 bridgehead atoms. The maximum atomic E-state index is 11.0. The molecule has 1 unspecified atom stereocenters. The number of rotatable bonds is 6. The standard InChI is InChI=1S/C10H20O3/c1-4-5-6-7-9(11)13-10(12)8(2)3/h8-9,11H,4-7H2,1-3H3. The Hall–Kier alpha value is -0.570. The molecule has 0 saturated carbocycles. The van der Waals surface area contributed by atoms with E-state index >= 15 is 0 Å². The Balaban J connectivity index is 3.50. The molecule has 0 aliphatic heterocycles. The predicted octanol–water partition coefficient (Wildman–Crippen LogP) is 2.08. The van der Waals surface area contributed by atoms with Gasteiger partial charge < -0.3 is 9.84 Å². The van der Waals surface area contributed by atoms with Crippen molar-refractivity contribution in [3.63, 3.8) is 0 Å². The van der Waals surface area contributed by atoms with E-state index in [1.54, 1.807) is 13.8 Å². The molecule has 1 N–H and O–H groups in total. The predicted molar refractivity (Wildman–Crippen MR) is 51.1 cm³/mol. The summed E-state index contributed by atoms with van der Waals surface area (Å²) in [5, 5.41) is 9.25. The van der Waals surface area contributed by atoms with E-state index in [0.717, 1.165) is 19.3 Å². The zero-order chi connectivity index (χ0) is 10.3. The number of unbranched alkanes of at least 4 members (excludes halogenated alkanes) is 2. The minimum atomic E-state index is -0.915. The highest BCUT2D eigenvalue weighted by molar-refractivity contribution is 5.71. The highest BCUT2D eigenvalue weighted by Crippen LogP contribution is 2.06. The molecule has 13 heavy (non-hydrogen) atoms. The van der Waals surface area contributed by atoms with Gasteiger partial charge in [0, 0.05) is 6.42 Å². The van der Waals surface area contributed by atoms with E-state index in [1.165, 1.54) is 0 Å². The molecule has 0 aromatic carbocycles. The zero-order valence-corrected chi connectivity index (χ0v) is 8.75. The number of ether oxygens (including phenoxy) is 1. The Morgan fingerprint density at radius 3 is 2.46 bits per heavy atom. The fourth-order valence-corrected chi connectivity index (χ4v) is 0.898. The number of hydrogen-bond donors (Lipinski definition) is 1. The van der Waals surface area contributed by atoms with Crippen LogP contribution in [0, 0.1) is 5.92 Å². The second-order valence-corrected chi connectivity index (χ2v) is 3.54. The molecular weight excluding hydrogens is 168 g/mol. The summed E-state index contributed by atoms with van der Waals surface area (Å²) >= 11 is 0. The molecule has 0 fully saturated rings. The van der Waals surface area contributed by atoms with E-state index in [4.69, 9.17) is 4.74 Å². The van der Waals surface area contributed by atoms with Crippen molar-refractivity contribution in [2.24, 2.45) is 5.92 Å². The second-order valence-electron chi connectivity index (χ2n) is 3.54. The summed E-state index contributed by atoms with van der Waals surface area (Å²) in [4.78, 5) is 11.0. The van der Waals surface area contributed by atoms with Crippen LogP contribution in [0.3, 0.4) is 0 Å². The number of carbonyl (C=O) groups excluding carboxylic acids is 1. The van der Waals surface area contributed by atoms with Gasteiger partial charge in [0.2, 0.25) is 6.29 Å². The van der Waals surface area contributed by atoms with Gasteiger partial charge in [0.05, 0.1) is 5.92 Å². The second kappa shape index (κ2) is 6.89. The number of aliphatic hydroxyl groups excluding tert-OH is 1. The maximum absolute atomic E-state index is 11.0. The largest absolute Gasteiger partial charge is 0.436 e. The fourth-order valence-electron chi connectivity index (χ4n) is 0.898. The Kier molecular flexibility index (Phi) is 6.59. The Morgan fingerprint density at radius 1 is 1.38 bits per heavy atom. The molecule has 0 amide bonds. The van der Waals surface area contributed by atoms with Crippen LogP contribution in [0.1, 0.15) is 46.5 Å². The molecule has 3 heteroatoms. The van der Waals surface area contributed by atoms with Gasteiger partial charge in [-0.15, -0.1) is 0 Å². The van der Waals surface area contributed by atoms with Gasteiger partial charge in [-0.3, -0.25) is 4.79 Å². The molecule has 0 spiro atoms. The lowest BCUT2D eigenvalue weighted by molar-refractivity contribution is -0.172.